The summed E-state index contributed by atoms with van der Waals surface area (Å²) in [5, 5.41) is 0. The SMILES string of the molecule is C[C@@H]1O[C@@]1(F)c1ccccc1. The van der Waals surface area contributed by atoms with E-state index in [1.807, 2.05) is 18.2 Å². The molecule has 0 aliphatic carbocycles. The number of hydrogen-bond acceptors (Lipinski definition) is 1. The van der Waals surface area contributed by atoms with Crippen molar-refractivity contribution in [3.05, 3.63) is 35.9 Å². The zero-order chi connectivity index (χ0) is 7.90. The van der Waals surface area contributed by atoms with Crippen molar-refractivity contribution in [1.29, 1.82) is 0 Å². The van der Waals surface area contributed by atoms with Gasteiger partial charge >= 0.3 is 0 Å². The van der Waals surface area contributed by atoms with E-state index in [9.17, 15) is 4.39 Å². The predicted molar refractivity (Wildman–Crippen MR) is 39.8 cm³/mol. The first-order valence-electron chi connectivity index (χ1n) is 3.66. The quantitative estimate of drug-likeness (QED) is 0.562. The van der Waals surface area contributed by atoms with Crippen LogP contribution < -0.4 is 0 Å². The van der Waals surface area contributed by atoms with E-state index >= 15 is 0 Å². The Labute approximate surface area is 64.8 Å². The summed E-state index contributed by atoms with van der Waals surface area (Å²) in [6.45, 7) is 1.73. The molecule has 0 saturated carbocycles. The molecule has 1 saturated heterocycles. The van der Waals surface area contributed by atoms with Crippen molar-refractivity contribution in [1.82, 2.24) is 0 Å². The van der Waals surface area contributed by atoms with Crippen LogP contribution in [0.15, 0.2) is 30.3 Å². The molecule has 2 heteroatoms. The second-order valence-corrected chi connectivity index (χ2v) is 2.77. The summed E-state index contributed by atoms with van der Waals surface area (Å²) in [4.78, 5) is 0. The summed E-state index contributed by atoms with van der Waals surface area (Å²) in [6.07, 6.45) is -0.287. The largest absolute Gasteiger partial charge is 0.331 e. The molecule has 11 heavy (non-hydrogen) atoms. The number of epoxide rings is 1. The maximum absolute atomic E-state index is 13.4. The first-order valence-corrected chi connectivity index (χ1v) is 3.66. The van der Waals surface area contributed by atoms with Crippen molar-refractivity contribution in [2.24, 2.45) is 0 Å². The minimum atomic E-state index is -1.50. The second-order valence-electron chi connectivity index (χ2n) is 2.77. The fourth-order valence-electron chi connectivity index (χ4n) is 1.19. The summed E-state index contributed by atoms with van der Waals surface area (Å²) >= 11 is 0. The van der Waals surface area contributed by atoms with Crippen LogP contribution in [-0.2, 0) is 10.6 Å². The maximum Gasteiger partial charge on any atom is 0.262 e. The lowest BCUT2D eigenvalue weighted by Gasteiger charge is -1.99. The molecule has 1 aromatic rings. The van der Waals surface area contributed by atoms with Crippen molar-refractivity contribution in [3.63, 3.8) is 0 Å². The van der Waals surface area contributed by atoms with Gasteiger partial charge in [-0.3, -0.25) is 0 Å². The minimum absolute atomic E-state index is 0.287. The van der Waals surface area contributed by atoms with Gasteiger partial charge in [0.05, 0.1) is 0 Å². The lowest BCUT2D eigenvalue weighted by Crippen LogP contribution is -2.02. The average Bonchev–Trinajstić information content (AvgIpc) is 2.64. The van der Waals surface area contributed by atoms with Crippen molar-refractivity contribution in [3.8, 4) is 0 Å². The zero-order valence-corrected chi connectivity index (χ0v) is 6.25. The second kappa shape index (κ2) is 2.05. The van der Waals surface area contributed by atoms with E-state index in [4.69, 9.17) is 4.74 Å². The molecule has 1 aromatic carbocycles. The molecule has 58 valence electrons. The van der Waals surface area contributed by atoms with Gasteiger partial charge in [-0.2, -0.15) is 0 Å². The Balaban J connectivity index is 2.32. The Morgan fingerprint density at radius 1 is 1.36 bits per heavy atom. The van der Waals surface area contributed by atoms with E-state index in [0.717, 1.165) is 0 Å². The fourth-order valence-corrected chi connectivity index (χ4v) is 1.19. The summed E-state index contributed by atoms with van der Waals surface area (Å²) < 4.78 is 18.2. The minimum Gasteiger partial charge on any atom is -0.331 e. The Bertz CT molecular complexity index is 260. The molecule has 0 radical (unpaired) electrons. The maximum atomic E-state index is 13.4. The van der Waals surface area contributed by atoms with Crippen molar-refractivity contribution >= 4 is 0 Å². The van der Waals surface area contributed by atoms with Gasteiger partial charge < -0.3 is 4.74 Å². The third-order valence-corrected chi connectivity index (χ3v) is 1.98. The molecule has 0 spiro atoms. The molecule has 1 aliphatic heterocycles. The number of ether oxygens (including phenoxy) is 1. The van der Waals surface area contributed by atoms with Crippen LogP contribution in [0.5, 0.6) is 0 Å². The van der Waals surface area contributed by atoms with Crippen LogP contribution >= 0.6 is 0 Å². The van der Waals surface area contributed by atoms with Gasteiger partial charge in [0.15, 0.2) is 0 Å². The summed E-state index contributed by atoms with van der Waals surface area (Å²) in [7, 11) is 0. The molecule has 0 unspecified atom stereocenters. The molecule has 2 atom stereocenters. The van der Waals surface area contributed by atoms with Crippen molar-refractivity contribution < 1.29 is 9.13 Å². The van der Waals surface area contributed by atoms with Crippen LogP contribution in [0.4, 0.5) is 4.39 Å². The highest BCUT2D eigenvalue weighted by molar-refractivity contribution is 5.25. The highest BCUT2D eigenvalue weighted by Crippen LogP contribution is 2.47. The number of benzene rings is 1. The molecule has 0 N–H and O–H groups in total. The molecule has 0 bridgehead atoms. The Hall–Kier alpha value is -0.890. The topological polar surface area (TPSA) is 12.5 Å². The molecule has 1 nitrogen and oxygen atoms in total. The van der Waals surface area contributed by atoms with E-state index in [2.05, 4.69) is 0 Å². The standard InChI is InChI=1S/C9H9FO/c1-7-9(10,11-7)8-5-3-2-4-6-8/h2-7H,1H3/t7-,9+/m0/s1. The molecular weight excluding hydrogens is 143 g/mol. The average molecular weight is 152 g/mol. The van der Waals surface area contributed by atoms with Crippen LogP contribution in [0.2, 0.25) is 0 Å². The van der Waals surface area contributed by atoms with Gasteiger partial charge in [0.1, 0.15) is 6.10 Å². The van der Waals surface area contributed by atoms with Gasteiger partial charge in [0, 0.05) is 5.56 Å². The number of rotatable bonds is 1. The van der Waals surface area contributed by atoms with Crippen LogP contribution in [0, 0.1) is 0 Å². The van der Waals surface area contributed by atoms with Crippen LogP contribution in [0.25, 0.3) is 0 Å². The van der Waals surface area contributed by atoms with Crippen LogP contribution in [-0.4, -0.2) is 6.10 Å². The number of hydrogen-bond donors (Lipinski definition) is 0. The van der Waals surface area contributed by atoms with E-state index in [-0.39, 0.29) is 6.10 Å². The van der Waals surface area contributed by atoms with Crippen LogP contribution in [0.1, 0.15) is 12.5 Å². The van der Waals surface area contributed by atoms with E-state index in [1.54, 1.807) is 19.1 Å². The summed E-state index contributed by atoms with van der Waals surface area (Å²) in [5.41, 5.74) is 0.618. The van der Waals surface area contributed by atoms with E-state index < -0.39 is 5.85 Å². The molecule has 2 rings (SSSR count). The Morgan fingerprint density at radius 3 is 2.36 bits per heavy atom. The van der Waals surface area contributed by atoms with Gasteiger partial charge in [-0.05, 0) is 6.92 Å². The molecule has 0 aromatic heterocycles. The normalized spacial score (nSPS) is 35.3. The van der Waals surface area contributed by atoms with Gasteiger partial charge in [-0.25, -0.2) is 4.39 Å². The third-order valence-electron chi connectivity index (χ3n) is 1.98. The molecule has 1 heterocycles. The van der Waals surface area contributed by atoms with Gasteiger partial charge in [0.2, 0.25) is 0 Å². The Morgan fingerprint density at radius 2 is 1.91 bits per heavy atom. The van der Waals surface area contributed by atoms with E-state index in [1.165, 1.54) is 0 Å². The monoisotopic (exact) mass is 152 g/mol. The summed E-state index contributed by atoms with van der Waals surface area (Å²) in [6, 6.07) is 8.96. The first kappa shape index (κ1) is 6.80. The Kier molecular flexibility index (Phi) is 1.26. The van der Waals surface area contributed by atoms with E-state index in [0.29, 0.717) is 5.56 Å². The molecule has 1 aliphatic rings. The molecule has 0 amide bonds. The smallest absolute Gasteiger partial charge is 0.262 e. The van der Waals surface area contributed by atoms with Crippen LogP contribution in [0.3, 0.4) is 0 Å². The van der Waals surface area contributed by atoms with Gasteiger partial charge in [-0.1, -0.05) is 30.3 Å². The van der Waals surface area contributed by atoms with Gasteiger partial charge in [-0.15, -0.1) is 0 Å². The van der Waals surface area contributed by atoms with Crippen molar-refractivity contribution in [2.45, 2.75) is 18.9 Å². The molecular formula is C9H9FO. The van der Waals surface area contributed by atoms with Gasteiger partial charge in [0.25, 0.3) is 5.85 Å². The highest BCUT2D eigenvalue weighted by Gasteiger charge is 2.56. The highest BCUT2D eigenvalue weighted by atomic mass is 19.2. The zero-order valence-electron chi connectivity index (χ0n) is 6.25. The number of halogens is 1. The summed E-state index contributed by atoms with van der Waals surface area (Å²) in [5.74, 6) is -1.50. The lowest BCUT2D eigenvalue weighted by molar-refractivity contribution is 0.141. The predicted octanol–water partition coefficient (Wildman–Crippen LogP) is 2.23. The van der Waals surface area contributed by atoms with Crippen molar-refractivity contribution in [2.75, 3.05) is 0 Å². The molecule has 1 fully saturated rings. The first-order chi connectivity index (χ1) is 5.23. The third kappa shape index (κ3) is 0.942. The number of alkyl halides is 1. The lowest BCUT2D eigenvalue weighted by atomic mass is 10.1. The fraction of sp³-hybridized carbons (Fsp3) is 0.333.